The molecule has 18 heavy (non-hydrogen) atoms. The monoisotopic (exact) mass is 249 g/mol. The first-order chi connectivity index (χ1) is 8.40. The fourth-order valence-electron chi connectivity index (χ4n) is 2.09. The van der Waals surface area contributed by atoms with E-state index in [9.17, 15) is 9.90 Å². The third kappa shape index (κ3) is 3.33. The van der Waals surface area contributed by atoms with E-state index in [0.29, 0.717) is 13.0 Å². The highest BCUT2D eigenvalue weighted by atomic mass is 16.4. The minimum atomic E-state index is -0.792. The highest BCUT2D eigenvalue weighted by Crippen LogP contribution is 2.22. The number of carboxylic acids is 1. The number of aliphatic carboxylic acids is 1. The molecule has 0 aliphatic carbocycles. The molecule has 1 rings (SSSR count). The van der Waals surface area contributed by atoms with Crippen LogP contribution < -0.4 is 0 Å². The Bertz CT molecular complexity index is 399. The van der Waals surface area contributed by atoms with Gasteiger partial charge < -0.3 is 5.11 Å². The molecule has 0 aliphatic rings. The van der Waals surface area contributed by atoms with Crippen LogP contribution >= 0.6 is 0 Å². The standard InChI is InChI=1S/C15H23NO2/c1-5-10-15(3,14(17)18)16(4)11-13-8-6-12(2)7-9-13/h6-9H,5,10-11H2,1-4H3,(H,17,18). The van der Waals surface area contributed by atoms with Crippen molar-refractivity contribution in [2.75, 3.05) is 7.05 Å². The molecule has 1 aromatic rings. The molecule has 0 aliphatic heterocycles. The number of aryl methyl sites for hydroxylation is 1. The van der Waals surface area contributed by atoms with E-state index in [1.807, 2.05) is 25.8 Å². The summed E-state index contributed by atoms with van der Waals surface area (Å²) < 4.78 is 0. The molecule has 1 atom stereocenters. The van der Waals surface area contributed by atoms with Gasteiger partial charge in [0, 0.05) is 6.54 Å². The van der Waals surface area contributed by atoms with E-state index < -0.39 is 11.5 Å². The number of carbonyl (C=O) groups is 1. The summed E-state index contributed by atoms with van der Waals surface area (Å²) in [6.07, 6.45) is 1.52. The molecule has 0 fully saturated rings. The topological polar surface area (TPSA) is 40.5 Å². The van der Waals surface area contributed by atoms with Gasteiger partial charge in [0.05, 0.1) is 0 Å². The zero-order valence-corrected chi connectivity index (χ0v) is 11.7. The normalized spacial score (nSPS) is 14.5. The van der Waals surface area contributed by atoms with Gasteiger partial charge in [0.2, 0.25) is 0 Å². The Morgan fingerprint density at radius 3 is 2.33 bits per heavy atom. The molecule has 0 heterocycles. The van der Waals surface area contributed by atoms with Gasteiger partial charge in [-0.15, -0.1) is 0 Å². The molecule has 3 nitrogen and oxygen atoms in total. The molecule has 0 spiro atoms. The van der Waals surface area contributed by atoms with Crippen LogP contribution in [0.5, 0.6) is 0 Å². The first-order valence-corrected chi connectivity index (χ1v) is 6.40. The zero-order chi connectivity index (χ0) is 13.8. The van der Waals surface area contributed by atoms with Crippen molar-refractivity contribution in [1.82, 2.24) is 4.90 Å². The first kappa shape index (κ1) is 14.7. The molecule has 3 heteroatoms. The second-order valence-electron chi connectivity index (χ2n) is 5.17. The van der Waals surface area contributed by atoms with Crippen molar-refractivity contribution >= 4 is 5.97 Å². The molecular weight excluding hydrogens is 226 g/mol. The summed E-state index contributed by atoms with van der Waals surface area (Å²) in [7, 11) is 1.88. The van der Waals surface area contributed by atoms with Gasteiger partial charge in [0.1, 0.15) is 5.54 Å². The lowest BCUT2D eigenvalue weighted by Crippen LogP contribution is -2.49. The molecule has 1 aromatic carbocycles. The second-order valence-corrected chi connectivity index (χ2v) is 5.17. The van der Waals surface area contributed by atoms with Gasteiger partial charge in [-0.2, -0.15) is 0 Å². The number of likely N-dealkylation sites (N-methyl/N-ethyl adjacent to an activating group) is 1. The van der Waals surface area contributed by atoms with E-state index >= 15 is 0 Å². The maximum Gasteiger partial charge on any atom is 0.323 e. The molecule has 100 valence electrons. The highest BCUT2D eigenvalue weighted by Gasteiger charge is 2.36. The van der Waals surface area contributed by atoms with Gasteiger partial charge in [-0.1, -0.05) is 43.2 Å². The summed E-state index contributed by atoms with van der Waals surface area (Å²) in [5.41, 5.74) is 1.57. The summed E-state index contributed by atoms with van der Waals surface area (Å²) in [4.78, 5) is 13.4. The largest absolute Gasteiger partial charge is 0.480 e. The summed E-state index contributed by atoms with van der Waals surface area (Å²) in [5, 5.41) is 9.41. The quantitative estimate of drug-likeness (QED) is 0.842. The summed E-state index contributed by atoms with van der Waals surface area (Å²) in [6.45, 7) is 6.52. The van der Waals surface area contributed by atoms with E-state index in [2.05, 4.69) is 24.3 Å². The van der Waals surface area contributed by atoms with Crippen molar-refractivity contribution in [3.05, 3.63) is 35.4 Å². The van der Waals surface area contributed by atoms with Gasteiger partial charge >= 0.3 is 5.97 Å². The van der Waals surface area contributed by atoms with Crippen LogP contribution in [0.4, 0.5) is 0 Å². The molecule has 0 bridgehead atoms. The van der Waals surface area contributed by atoms with Gasteiger partial charge in [0.15, 0.2) is 0 Å². The molecule has 1 N–H and O–H groups in total. The van der Waals surface area contributed by atoms with Gasteiger partial charge in [-0.3, -0.25) is 9.69 Å². The predicted octanol–water partition coefficient (Wildman–Crippen LogP) is 3.07. The SMILES string of the molecule is CCCC(C)(C(=O)O)N(C)Cc1ccc(C)cc1. The van der Waals surface area contributed by atoms with Crippen molar-refractivity contribution in [2.24, 2.45) is 0 Å². The van der Waals surface area contributed by atoms with Gasteiger partial charge in [-0.05, 0) is 32.9 Å². The van der Waals surface area contributed by atoms with Crippen molar-refractivity contribution in [2.45, 2.75) is 45.7 Å². The lowest BCUT2D eigenvalue weighted by molar-refractivity contribution is -0.150. The van der Waals surface area contributed by atoms with Gasteiger partial charge in [-0.25, -0.2) is 0 Å². The molecule has 0 amide bonds. The molecule has 0 saturated heterocycles. The lowest BCUT2D eigenvalue weighted by Gasteiger charge is -2.35. The van der Waals surface area contributed by atoms with E-state index in [-0.39, 0.29) is 0 Å². The van der Waals surface area contributed by atoms with Crippen LogP contribution in [0.3, 0.4) is 0 Å². The predicted molar refractivity (Wildman–Crippen MR) is 73.6 cm³/mol. The third-order valence-corrected chi connectivity index (χ3v) is 3.58. The minimum Gasteiger partial charge on any atom is -0.480 e. The van der Waals surface area contributed by atoms with Crippen LogP contribution in [0.1, 0.15) is 37.8 Å². The molecular formula is C15H23NO2. The molecule has 0 radical (unpaired) electrons. The smallest absolute Gasteiger partial charge is 0.323 e. The highest BCUT2D eigenvalue weighted by molar-refractivity contribution is 5.78. The Morgan fingerprint density at radius 2 is 1.89 bits per heavy atom. The number of hydrogen-bond donors (Lipinski definition) is 1. The van der Waals surface area contributed by atoms with Crippen molar-refractivity contribution in [1.29, 1.82) is 0 Å². The average Bonchev–Trinajstić information content (AvgIpc) is 2.32. The van der Waals surface area contributed by atoms with E-state index in [1.165, 1.54) is 5.56 Å². The Morgan fingerprint density at radius 1 is 1.33 bits per heavy atom. The minimum absolute atomic E-state index is 0.656. The first-order valence-electron chi connectivity index (χ1n) is 6.40. The fourth-order valence-corrected chi connectivity index (χ4v) is 2.09. The van der Waals surface area contributed by atoms with E-state index in [4.69, 9.17) is 0 Å². The van der Waals surface area contributed by atoms with Crippen LogP contribution in [-0.4, -0.2) is 28.6 Å². The van der Waals surface area contributed by atoms with Crippen LogP contribution in [0.25, 0.3) is 0 Å². The van der Waals surface area contributed by atoms with Gasteiger partial charge in [0.25, 0.3) is 0 Å². The summed E-state index contributed by atoms with van der Waals surface area (Å²) in [6, 6.07) is 8.22. The van der Waals surface area contributed by atoms with Crippen molar-refractivity contribution in [3.8, 4) is 0 Å². The number of carboxylic acid groups (broad SMARTS) is 1. The zero-order valence-electron chi connectivity index (χ0n) is 11.7. The Hall–Kier alpha value is -1.35. The van der Waals surface area contributed by atoms with Crippen molar-refractivity contribution in [3.63, 3.8) is 0 Å². The maximum absolute atomic E-state index is 11.5. The Labute approximate surface area is 109 Å². The Balaban J connectivity index is 2.81. The molecule has 0 aromatic heterocycles. The van der Waals surface area contributed by atoms with Crippen LogP contribution in [0, 0.1) is 6.92 Å². The van der Waals surface area contributed by atoms with E-state index in [1.54, 1.807) is 6.92 Å². The molecule has 1 unspecified atom stereocenters. The lowest BCUT2D eigenvalue weighted by atomic mass is 9.94. The van der Waals surface area contributed by atoms with Crippen LogP contribution in [0.15, 0.2) is 24.3 Å². The number of nitrogens with zero attached hydrogens (tertiary/aromatic N) is 1. The number of benzene rings is 1. The van der Waals surface area contributed by atoms with Crippen LogP contribution in [0.2, 0.25) is 0 Å². The van der Waals surface area contributed by atoms with Crippen molar-refractivity contribution < 1.29 is 9.90 Å². The second kappa shape index (κ2) is 6.01. The summed E-state index contributed by atoms with van der Waals surface area (Å²) >= 11 is 0. The number of rotatable bonds is 6. The Kier molecular flexibility index (Phi) is 4.91. The average molecular weight is 249 g/mol. The third-order valence-electron chi connectivity index (χ3n) is 3.58. The van der Waals surface area contributed by atoms with E-state index in [0.717, 1.165) is 12.0 Å². The maximum atomic E-state index is 11.5. The molecule has 0 saturated carbocycles. The fraction of sp³-hybridized carbons (Fsp3) is 0.533. The van der Waals surface area contributed by atoms with Crippen LogP contribution in [-0.2, 0) is 11.3 Å². The number of hydrogen-bond acceptors (Lipinski definition) is 2. The summed E-state index contributed by atoms with van der Waals surface area (Å²) in [5.74, 6) is -0.751.